The fraction of sp³-hybridized carbons (Fsp3) is 0.160. The first kappa shape index (κ1) is 20.5. The van der Waals surface area contributed by atoms with Gasteiger partial charge in [-0.05, 0) is 47.0 Å². The van der Waals surface area contributed by atoms with Crippen molar-refractivity contribution >= 4 is 16.9 Å². The van der Waals surface area contributed by atoms with Crippen LogP contribution in [0.25, 0.3) is 22.1 Å². The molecule has 0 bridgehead atoms. The molecule has 6 heteroatoms. The second-order valence-corrected chi connectivity index (χ2v) is 7.17. The van der Waals surface area contributed by atoms with Crippen LogP contribution < -0.4 is 15.2 Å². The van der Waals surface area contributed by atoms with Gasteiger partial charge in [-0.15, -0.1) is 0 Å². The molecule has 0 aliphatic heterocycles. The van der Waals surface area contributed by atoms with Crippen molar-refractivity contribution in [3.05, 3.63) is 83.6 Å². The van der Waals surface area contributed by atoms with Crippen LogP contribution in [0.4, 0.5) is 0 Å². The molecule has 0 radical (unpaired) electrons. The minimum atomic E-state index is -0.951. The molecule has 1 aromatic heterocycles. The smallest absolute Gasteiger partial charge is 0.308 e. The third-order valence-corrected chi connectivity index (χ3v) is 5.17. The number of carbonyl (C=O) groups is 1. The number of benzene rings is 3. The summed E-state index contributed by atoms with van der Waals surface area (Å²) in [6, 6.07) is 19.4. The molecule has 0 aliphatic rings. The van der Waals surface area contributed by atoms with Crippen molar-refractivity contribution in [3.8, 4) is 22.6 Å². The van der Waals surface area contributed by atoms with Crippen molar-refractivity contribution < 1.29 is 23.8 Å². The number of aliphatic carboxylic acids is 1. The van der Waals surface area contributed by atoms with Gasteiger partial charge in [0.25, 0.3) is 0 Å². The number of fused-ring (bicyclic) bond motifs is 1. The van der Waals surface area contributed by atoms with Gasteiger partial charge in [-0.3, -0.25) is 4.79 Å². The van der Waals surface area contributed by atoms with Gasteiger partial charge >= 0.3 is 5.97 Å². The summed E-state index contributed by atoms with van der Waals surface area (Å²) in [6.07, 6.45) is 1.48. The second-order valence-electron chi connectivity index (χ2n) is 7.17. The van der Waals surface area contributed by atoms with Crippen LogP contribution in [-0.2, 0) is 24.4 Å². The van der Waals surface area contributed by atoms with E-state index in [1.165, 1.54) is 7.11 Å². The Morgan fingerprint density at radius 2 is 1.81 bits per heavy atom. The van der Waals surface area contributed by atoms with E-state index in [0.29, 0.717) is 23.6 Å². The van der Waals surface area contributed by atoms with E-state index in [1.54, 1.807) is 24.5 Å². The van der Waals surface area contributed by atoms with Crippen molar-refractivity contribution in [3.63, 3.8) is 0 Å². The Bertz CT molecular complexity index is 1230. The molecule has 158 valence electrons. The Labute approximate surface area is 179 Å². The number of carboxylic acids is 1. The molecule has 0 saturated heterocycles. The highest BCUT2D eigenvalue weighted by molar-refractivity contribution is 5.86. The van der Waals surface area contributed by atoms with Crippen LogP contribution in [0.1, 0.15) is 16.7 Å². The molecule has 4 aromatic rings. The average Bonchev–Trinajstić information content (AvgIpc) is 3.20. The predicted molar refractivity (Wildman–Crippen MR) is 118 cm³/mol. The van der Waals surface area contributed by atoms with Crippen LogP contribution in [0.15, 0.2) is 71.3 Å². The van der Waals surface area contributed by atoms with E-state index in [9.17, 15) is 9.90 Å². The summed E-state index contributed by atoms with van der Waals surface area (Å²) < 4.78 is 17.0. The van der Waals surface area contributed by atoms with Gasteiger partial charge in [0.1, 0.15) is 23.7 Å². The van der Waals surface area contributed by atoms with Gasteiger partial charge in [0.15, 0.2) is 0 Å². The first-order valence-electron chi connectivity index (χ1n) is 9.89. The van der Waals surface area contributed by atoms with E-state index in [2.05, 4.69) is 12.1 Å². The molecule has 0 atom stereocenters. The molecule has 0 fully saturated rings. The SMILES string of the molecule is COc1cccc(OCc2coc3ccc(-c4cccc(CN)c4)cc23)c1CC(=O)O. The predicted octanol–water partition coefficient (Wildman–Crippen LogP) is 4.77. The molecule has 31 heavy (non-hydrogen) atoms. The Morgan fingerprint density at radius 3 is 2.58 bits per heavy atom. The van der Waals surface area contributed by atoms with Gasteiger partial charge in [0.2, 0.25) is 0 Å². The van der Waals surface area contributed by atoms with Crippen molar-refractivity contribution in [1.29, 1.82) is 0 Å². The molecule has 3 N–H and O–H groups in total. The quantitative estimate of drug-likeness (QED) is 0.429. The molecule has 3 aromatic carbocycles. The zero-order valence-electron chi connectivity index (χ0n) is 17.1. The standard InChI is InChI=1S/C25H23NO5/c1-29-22-6-3-7-23(21(22)12-25(27)28)30-14-19-15-31-24-9-8-18(11-20(19)24)17-5-2-4-16(10-17)13-26/h2-11,15H,12-14,26H2,1H3,(H,27,28). The highest BCUT2D eigenvalue weighted by Crippen LogP contribution is 2.32. The molecule has 0 unspecified atom stereocenters. The topological polar surface area (TPSA) is 94.9 Å². The minimum absolute atomic E-state index is 0.187. The van der Waals surface area contributed by atoms with E-state index in [1.807, 2.05) is 30.3 Å². The lowest BCUT2D eigenvalue weighted by Crippen LogP contribution is -2.06. The van der Waals surface area contributed by atoms with E-state index in [-0.39, 0.29) is 13.0 Å². The summed E-state index contributed by atoms with van der Waals surface area (Å²) in [5.74, 6) is 0.00869. The average molecular weight is 417 g/mol. The molecule has 0 aliphatic carbocycles. The molecule has 0 amide bonds. The number of rotatable bonds is 8. The number of hydrogen-bond donors (Lipinski definition) is 2. The molecule has 6 nitrogen and oxygen atoms in total. The van der Waals surface area contributed by atoms with Crippen LogP contribution in [0.2, 0.25) is 0 Å². The zero-order valence-corrected chi connectivity index (χ0v) is 17.1. The monoisotopic (exact) mass is 417 g/mol. The summed E-state index contributed by atoms with van der Waals surface area (Å²) in [6.45, 7) is 0.721. The third kappa shape index (κ3) is 4.39. The fourth-order valence-corrected chi connectivity index (χ4v) is 3.60. The van der Waals surface area contributed by atoms with E-state index >= 15 is 0 Å². The van der Waals surface area contributed by atoms with Crippen LogP contribution in [-0.4, -0.2) is 18.2 Å². The molecule has 0 saturated carbocycles. The van der Waals surface area contributed by atoms with E-state index in [4.69, 9.17) is 19.6 Å². The van der Waals surface area contributed by atoms with Gasteiger partial charge < -0.3 is 24.7 Å². The van der Waals surface area contributed by atoms with Crippen molar-refractivity contribution in [2.45, 2.75) is 19.6 Å². The highest BCUT2D eigenvalue weighted by Gasteiger charge is 2.15. The maximum atomic E-state index is 11.3. The summed E-state index contributed by atoms with van der Waals surface area (Å²) in [7, 11) is 1.51. The number of nitrogens with two attached hydrogens (primary N) is 1. The molecule has 1 heterocycles. The molecule has 0 spiro atoms. The van der Waals surface area contributed by atoms with Gasteiger partial charge in [-0.25, -0.2) is 0 Å². The normalized spacial score (nSPS) is 10.9. The molecular weight excluding hydrogens is 394 g/mol. The largest absolute Gasteiger partial charge is 0.496 e. The number of ether oxygens (including phenoxy) is 2. The highest BCUT2D eigenvalue weighted by atomic mass is 16.5. The summed E-state index contributed by atoms with van der Waals surface area (Å²) >= 11 is 0. The first-order chi connectivity index (χ1) is 15.1. The van der Waals surface area contributed by atoms with Crippen LogP contribution in [0.3, 0.4) is 0 Å². The van der Waals surface area contributed by atoms with Gasteiger partial charge in [0.05, 0.1) is 19.8 Å². The number of carboxylic acid groups (broad SMARTS) is 1. The van der Waals surface area contributed by atoms with E-state index in [0.717, 1.165) is 33.2 Å². The number of furan rings is 1. The first-order valence-corrected chi connectivity index (χ1v) is 9.89. The van der Waals surface area contributed by atoms with Gasteiger partial charge in [-0.2, -0.15) is 0 Å². The summed E-state index contributed by atoms with van der Waals surface area (Å²) in [5, 5.41) is 10.2. The third-order valence-electron chi connectivity index (χ3n) is 5.17. The van der Waals surface area contributed by atoms with Crippen molar-refractivity contribution in [2.75, 3.05) is 7.11 Å². The Hall–Kier alpha value is -3.77. The summed E-state index contributed by atoms with van der Waals surface area (Å²) in [4.78, 5) is 11.3. The number of methoxy groups -OCH3 is 1. The summed E-state index contributed by atoms with van der Waals surface area (Å²) in [5.41, 5.74) is 11.1. The lowest BCUT2D eigenvalue weighted by atomic mass is 10.0. The molecular formula is C25H23NO5. The lowest BCUT2D eigenvalue weighted by molar-refractivity contribution is -0.136. The maximum Gasteiger partial charge on any atom is 0.308 e. The van der Waals surface area contributed by atoms with Crippen molar-refractivity contribution in [2.24, 2.45) is 5.73 Å². The van der Waals surface area contributed by atoms with Crippen LogP contribution >= 0.6 is 0 Å². The van der Waals surface area contributed by atoms with Crippen molar-refractivity contribution in [1.82, 2.24) is 0 Å². The van der Waals surface area contributed by atoms with Crippen LogP contribution in [0.5, 0.6) is 11.5 Å². The Morgan fingerprint density at radius 1 is 1.03 bits per heavy atom. The maximum absolute atomic E-state index is 11.3. The van der Waals surface area contributed by atoms with Crippen LogP contribution in [0, 0.1) is 0 Å². The second kappa shape index (κ2) is 8.93. The Kier molecular flexibility index (Phi) is 5.91. The molecule has 4 rings (SSSR count). The lowest BCUT2D eigenvalue weighted by Gasteiger charge is -2.13. The number of hydrogen-bond acceptors (Lipinski definition) is 5. The Balaban J connectivity index is 1.63. The fourth-order valence-electron chi connectivity index (χ4n) is 3.60. The van der Waals surface area contributed by atoms with Gasteiger partial charge in [-0.1, -0.05) is 30.3 Å². The minimum Gasteiger partial charge on any atom is -0.496 e. The van der Waals surface area contributed by atoms with E-state index < -0.39 is 5.97 Å². The zero-order chi connectivity index (χ0) is 21.8. The van der Waals surface area contributed by atoms with Gasteiger partial charge in [0, 0.05) is 23.1 Å².